The summed E-state index contributed by atoms with van der Waals surface area (Å²) < 4.78 is 41.3. The van der Waals surface area contributed by atoms with E-state index in [1.165, 1.54) is 30.6 Å². The standard InChI is InChI=1S/C17H15F3N2/c1-2-10-16(17(18,19)20,15-8-4-3-5-9-15)22-13-14-7-6-11-21-12-14/h2-9,11-13H,1,10H2. The number of rotatable bonds is 5. The fourth-order valence-electron chi connectivity index (χ4n) is 2.16. The molecule has 0 fully saturated rings. The lowest BCUT2D eigenvalue weighted by Gasteiger charge is -2.31. The van der Waals surface area contributed by atoms with Crippen LogP contribution in [-0.2, 0) is 5.54 Å². The van der Waals surface area contributed by atoms with E-state index in [0.717, 1.165) is 0 Å². The molecule has 2 nitrogen and oxygen atoms in total. The maximum Gasteiger partial charge on any atom is 0.418 e. The average molecular weight is 304 g/mol. The molecule has 2 rings (SSSR count). The third-order valence-corrected chi connectivity index (χ3v) is 3.28. The Hall–Kier alpha value is -2.43. The van der Waals surface area contributed by atoms with E-state index in [-0.39, 0.29) is 12.0 Å². The topological polar surface area (TPSA) is 25.2 Å². The van der Waals surface area contributed by atoms with Crippen LogP contribution in [0.25, 0.3) is 0 Å². The van der Waals surface area contributed by atoms with Gasteiger partial charge in [-0.3, -0.25) is 9.98 Å². The van der Waals surface area contributed by atoms with Crippen LogP contribution in [0.5, 0.6) is 0 Å². The van der Waals surface area contributed by atoms with Crippen LogP contribution in [0.4, 0.5) is 13.2 Å². The maximum atomic E-state index is 13.8. The van der Waals surface area contributed by atoms with Crippen molar-refractivity contribution >= 4 is 6.21 Å². The van der Waals surface area contributed by atoms with Crippen molar-refractivity contribution in [2.45, 2.75) is 18.1 Å². The number of pyridine rings is 1. The molecule has 0 aliphatic carbocycles. The predicted octanol–water partition coefficient (Wildman–Crippen LogP) is 4.53. The maximum absolute atomic E-state index is 13.8. The lowest BCUT2D eigenvalue weighted by atomic mass is 9.86. The van der Waals surface area contributed by atoms with Crippen molar-refractivity contribution in [2.24, 2.45) is 4.99 Å². The first-order valence-corrected chi connectivity index (χ1v) is 6.68. The molecule has 0 aliphatic rings. The fraction of sp³-hybridized carbons (Fsp3) is 0.176. The van der Waals surface area contributed by atoms with E-state index >= 15 is 0 Å². The Labute approximate surface area is 127 Å². The van der Waals surface area contributed by atoms with Crippen LogP contribution in [-0.4, -0.2) is 17.4 Å². The number of halogens is 3. The quantitative estimate of drug-likeness (QED) is 0.588. The van der Waals surface area contributed by atoms with Gasteiger partial charge in [-0.2, -0.15) is 13.2 Å². The van der Waals surface area contributed by atoms with Crippen molar-refractivity contribution < 1.29 is 13.2 Å². The number of hydrogen-bond acceptors (Lipinski definition) is 2. The summed E-state index contributed by atoms with van der Waals surface area (Å²) in [5, 5.41) is 0. The zero-order valence-corrected chi connectivity index (χ0v) is 11.8. The second kappa shape index (κ2) is 6.56. The monoisotopic (exact) mass is 304 g/mol. The number of aromatic nitrogens is 1. The molecule has 0 saturated carbocycles. The summed E-state index contributed by atoms with van der Waals surface area (Å²) in [6, 6.07) is 11.0. The minimum Gasteiger partial charge on any atom is -0.271 e. The molecule has 0 bridgehead atoms. The van der Waals surface area contributed by atoms with E-state index in [2.05, 4.69) is 16.6 Å². The Balaban J connectivity index is 2.54. The lowest BCUT2D eigenvalue weighted by Crippen LogP contribution is -2.40. The second-order valence-electron chi connectivity index (χ2n) is 4.76. The van der Waals surface area contributed by atoms with Gasteiger partial charge in [0.2, 0.25) is 0 Å². The van der Waals surface area contributed by atoms with E-state index in [9.17, 15) is 13.2 Å². The van der Waals surface area contributed by atoms with Crippen LogP contribution >= 0.6 is 0 Å². The van der Waals surface area contributed by atoms with Gasteiger partial charge in [0.05, 0.1) is 0 Å². The highest BCUT2D eigenvalue weighted by Gasteiger charge is 2.55. The van der Waals surface area contributed by atoms with Crippen LogP contribution in [0, 0.1) is 0 Å². The summed E-state index contributed by atoms with van der Waals surface area (Å²) >= 11 is 0. The third kappa shape index (κ3) is 3.24. The van der Waals surface area contributed by atoms with Crippen LogP contribution in [0.15, 0.2) is 72.5 Å². The van der Waals surface area contributed by atoms with Crippen molar-refractivity contribution in [3.05, 3.63) is 78.6 Å². The van der Waals surface area contributed by atoms with Gasteiger partial charge in [0.15, 0.2) is 5.54 Å². The highest BCUT2D eigenvalue weighted by Crippen LogP contribution is 2.45. The van der Waals surface area contributed by atoms with E-state index in [4.69, 9.17) is 0 Å². The molecule has 0 saturated heterocycles. The smallest absolute Gasteiger partial charge is 0.271 e. The molecule has 1 aromatic heterocycles. The van der Waals surface area contributed by atoms with E-state index in [0.29, 0.717) is 5.56 Å². The Bertz CT molecular complexity index is 636. The summed E-state index contributed by atoms with van der Waals surface area (Å²) in [6.07, 6.45) is 0.579. The summed E-state index contributed by atoms with van der Waals surface area (Å²) in [6.45, 7) is 3.45. The van der Waals surface area contributed by atoms with Crippen LogP contribution in [0.1, 0.15) is 17.5 Å². The highest BCUT2D eigenvalue weighted by molar-refractivity contribution is 5.79. The van der Waals surface area contributed by atoms with Crippen molar-refractivity contribution in [1.82, 2.24) is 4.98 Å². The van der Waals surface area contributed by atoms with Crippen molar-refractivity contribution in [2.75, 3.05) is 0 Å². The predicted molar refractivity (Wildman–Crippen MR) is 80.8 cm³/mol. The first-order valence-electron chi connectivity index (χ1n) is 6.68. The largest absolute Gasteiger partial charge is 0.418 e. The molecule has 22 heavy (non-hydrogen) atoms. The first-order chi connectivity index (χ1) is 10.5. The van der Waals surface area contributed by atoms with Gasteiger partial charge in [-0.1, -0.05) is 42.5 Å². The molecule has 114 valence electrons. The number of alkyl halides is 3. The molecule has 1 heterocycles. The van der Waals surface area contributed by atoms with Gasteiger partial charge in [0.1, 0.15) is 0 Å². The average Bonchev–Trinajstić information content (AvgIpc) is 2.52. The van der Waals surface area contributed by atoms with E-state index in [1.807, 2.05) is 0 Å². The van der Waals surface area contributed by atoms with E-state index in [1.54, 1.807) is 36.5 Å². The van der Waals surface area contributed by atoms with Crippen LogP contribution < -0.4 is 0 Å². The minimum atomic E-state index is -4.54. The van der Waals surface area contributed by atoms with Gasteiger partial charge in [0, 0.05) is 30.6 Å². The molecule has 0 radical (unpaired) electrons. The van der Waals surface area contributed by atoms with Crippen molar-refractivity contribution in [3.8, 4) is 0 Å². The zero-order valence-electron chi connectivity index (χ0n) is 11.8. The molecule has 5 heteroatoms. The first kappa shape index (κ1) is 15.9. The Morgan fingerprint density at radius 3 is 2.36 bits per heavy atom. The SMILES string of the molecule is C=CCC(N=Cc1cccnc1)(c1ccccc1)C(F)(F)F. The minimum absolute atomic E-state index is 0.0857. The summed E-state index contributed by atoms with van der Waals surface area (Å²) in [5.74, 6) is 0. The zero-order chi connectivity index (χ0) is 16.1. The molecule has 0 spiro atoms. The van der Waals surface area contributed by atoms with Gasteiger partial charge in [-0.05, 0) is 11.6 Å². The normalized spacial score (nSPS) is 14.7. The molecule has 1 atom stereocenters. The van der Waals surface area contributed by atoms with Gasteiger partial charge < -0.3 is 0 Å². The molecular weight excluding hydrogens is 289 g/mol. The molecule has 0 N–H and O–H groups in total. The van der Waals surface area contributed by atoms with Gasteiger partial charge in [0.25, 0.3) is 0 Å². The van der Waals surface area contributed by atoms with Crippen LogP contribution in [0.2, 0.25) is 0 Å². The fourth-order valence-corrected chi connectivity index (χ4v) is 2.16. The number of nitrogens with zero attached hydrogens (tertiary/aromatic N) is 2. The second-order valence-corrected chi connectivity index (χ2v) is 4.76. The lowest BCUT2D eigenvalue weighted by molar-refractivity contribution is -0.187. The molecule has 1 aromatic carbocycles. The Morgan fingerprint density at radius 2 is 1.82 bits per heavy atom. The van der Waals surface area contributed by atoms with Crippen molar-refractivity contribution in [3.63, 3.8) is 0 Å². The third-order valence-electron chi connectivity index (χ3n) is 3.28. The van der Waals surface area contributed by atoms with Gasteiger partial charge in [-0.15, -0.1) is 6.58 Å². The number of hydrogen-bond donors (Lipinski definition) is 0. The molecular formula is C17H15F3N2. The Kier molecular flexibility index (Phi) is 4.75. The van der Waals surface area contributed by atoms with Crippen LogP contribution in [0.3, 0.4) is 0 Å². The molecule has 0 amide bonds. The summed E-state index contributed by atoms with van der Waals surface area (Å²) in [4.78, 5) is 7.77. The Morgan fingerprint density at radius 1 is 1.09 bits per heavy atom. The van der Waals surface area contributed by atoms with Crippen molar-refractivity contribution in [1.29, 1.82) is 0 Å². The summed E-state index contributed by atoms with van der Waals surface area (Å²) in [5.41, 5.74) is -1.75. The van der Waals surface area contributed by atoms with Gasteiger partial charge in [-0.25, -0.2) is 0 Å². The molecule has 2 aromatic rings. The molecule has 1 unspecified atom stereocenters. The highest BCUT2D eigenvalue weighted by atomic mass is 19.4. The molecule has 0 aliphatic heterocycles. The number of aliphatic imine (C=N–C) groups is 1. The summed E-state index contributed by atoms with van der Waals surface area (Å²) in [7, 11) is 0. The van der Waals surface area contributed by atoms with Gasteiger partial charge >= 0.3 is 6.18 Å². The number of benzene rings is 1. The van der Waals surface area contributed by atoms with E-state index < -0.39 is 11.7 Å².